The average Bonchev–Trinajstić information content (AvgIpc) is 3.21. The Balaban J connectivity index is 1.83. The number of ether oxygens (including phenoxy) is 1. The topological polar surface area (TPSA) is 72.4 Å². The summed E-state index contributed by atoms with van der Waals surface area (Å²) >= 11 is 0.973. The van der Waals surface area contributed by atoms with Gasteiger partial charge in [-0.15, -0.1) is 0 Å². The lowest BCUT2D eigenvalue weighted by Crippen LogP contribution is -2.31. The Morgan fingerprint density at radius 2 is 1.87 bits per heavy atom. The van der Waals surface area contributed by atoms with Crippen molar-refractivity contribution in [3.8, 4) is 0 Å². The van der Waals surface area contributed by atoms with Crippen LogP contribution in [-0.2, 0) is 11.3 Å². The predicted molar refractivity (Wildman–Crippen MR) is 112 cm³/mol. The molecule has 31 heavy (non-hydrogen) atoms. The quantitative estimate of drug-likeness (QED) is 0.425. The minimum Gasteiger partial charge on any atom is -0.465 e. The van der Waals surface area contributed by atoms with Gasteiger partial charge in [-0.25, -0.2) is 18.6 Å². The van der Waals surface area contributed by atoms with Crippen LogP contribution >= 0.6 is 11.3 Å². The Morgan fingerprint density at radius 3 is 2.58 bits per heavy atom. The highest BCUT2D eigenvalue weighted by molar-refractivity contribution is 7.22. The molecule has 4 rings (SSSR count). The number of esters is 1. The number of fused-ring (bicyclic) bond motifs is 1. The molecule has 0 atom stereocenters. The van der Waals surface area contributed by atoms with Gasteiger partial charge in [0.1, 0.15) is 11.3 Å². The fourth-order valence-electron chi connectivity index (χ4n) is 3.06. The molecule has 0 spiro atoms. The number of hydrogen-bond donors (Lipinski definition) is 0. The summed E-state index contributed by atoms with van der Waals surface area (Å²) in [6.45, 7) is 0.0616. The van der Waals surface area contributed by atoms with Gasteiger partial charge in [-0.2, -0.15) is 0 Å². The Kier molecular flexibility index (Phi) is 5.68. The molecule has 6 nitrogen and oxygen atoms in total. The molecule has 0 saturated carbocycles. The third-order valence-electron chi connectivity index (χ3n) is 4.50. The summed E-state index contributed by atoms with van der Waals surface area (Å²) in [6, 6.07) is 11.6. The molecule has 0 unspecified atom stereocenters. The number of carbonyl (C=O) groups is 2. The standard InChI is InChI=1S/C22H15F2N3O3S/c1-30-21(29)16-7-3-2-6-15(16)20(28)27(12-13-5-4-8-25-11-13)22-26-19-17(24)9-14(23)10-18(19)31-22/h2-11H,12H2,1H3. The SMILES string of the molecule is COC(=O)c1ccccc1C(=O)N(Cc1cccnc1)c1nc2c(F)cc(F)cc2s1. The van der Waals surface area contributed by atoms with E-state index in [0.29, 0.717) is 5.56 Å². The molecule has 0 N–H and O–H groups in total. The summed E-state index contributed by atoms with van der Waals surface area (Å²) in [5.41, 5.74) is 0.845. The number of benzene rings is 2. The number of nitrogens with zero attached hydrogens (tertiary/aromatic N) is 3. The predicted octanol–water partition coefficient (Wildman–Crippen LogP) is 4.60. The molecule has 2 aromatic carbocycles. The molecule has 0 aliphatic rings. The third kappa shape index (κ3) is 4.13. The van der Waals surface area contributed by atoms with Crippen LogP contribution in [0.5, 0.6) is 0 Å². The van der Waals surface area contributed by atoms with Gasteiger partial charge < -0.3 is 4.74 Å². The zero-order valence-corrected chi connectivity index (χ0v) is 17.0. The zero-order chi connectivity index (χ0) is 22.0. The summed E-state index contributed by atoms with van der Waals surface area (Å²) in [6.07, 6.45) is 3.18. The number of hydrogen-bond acceptors (Lipinski definition) is 6. The second kappa shape index (κ2) is 8.57. The first-order valence-electron chi connectivity index (χ1n) is 9.11. The minimum atomic E-state index is -0.818. The van der Waals surface area contributed by atoms with Gasteiger partial charge in [0.25, 0.3) is 5.91 Å². The van der Waals surface area contributed by atoms with E-state index < -0.39 is 23.5 Å². The van der Waals surface area contributed by atoms with Crippen molar-refractivity contribution in [1.29, 1.82) is 0 Å². The van der Waals surface area contributed by atoms with Crippen LogP contribution in [0.25, 0.3) is 10.2 Å². The monoisotopic (exact) mass is 439 g/mol. The molecule has 0 aliphatic carbocycles. The maximum Gasteiger partial charge on any atom is 0.338 e. The van der Waals surface area contributed by atoms with Crippen LogP contribution in [0.1, 0.15) is 26.3 Å². The molecular weight excluding hydrogens is 424 g/mol. The third-order valence-corrected chi connectivity index (χ3v) is 5.53. The molecule has 156 valence electrons. The Morgan fingerprint density at radius 1 is 1.10 bits per heavy atom. The number of aromatic nitrogens is 2. The van der Waals surface area contributed by atoms with Crippen LogP contribution in [0.2, 0.25) is 0 Å². The minimum absolute atomic E-state index is 0.0355. The lowest BCUT2D eigenvalue weighted by atomic mass is 10.1. The van der Waals surface area contributed by atoms with Gasteiger partial charge in [0.15, 0.2) is 10.9 Å². The average molecular weight is 439 g/mol. The fraction of sp³-hybridized carbons (Fsp3) is 0.0909. The highest BCUT2D eigenvalue weighted by Crippen LogP contribution is 2.33. The zero-order valence-electron chi connectivity index (χ0n) is 16.2. The maximum absolute atomic E-state index is 14.2. The summed E-state index contributed by atoms with van der Waals surface area (Å²) in [4.78, 5) is 35.3. The molecule has 0 fully saturated rings. The second-order valence-electron chi connectivity index (χ2n) is 6.52. The number of thiazole rings is 1. The fourth-order valence-corrected chi connectivity index (χ4v) is 4.07. The van der Waals surface area contributed by atoms with E-state index in [2.05, 4.69) is 9.97 Å². The molecule has 0 aliphatic heterocycles. The van der Waals surface area contributed by atoms with Gasteiger partial charge in [0.05, 0.1) is 29.5 Å². The number of anilines is 1. The van der Waals surface area contributed by atoms with E-state index in [4.69, 9.17) is 4.74 Å². The number of amides is 1. The van der Waals surface area contributed by atoms with Crippen LogP contribution < -0.4 is 4.90 Å². The van der Waals surface area contributed by atoms with Crippen molar-refractivity contribution >= 4 is 38.6 Å². The van der Waals surface area contributed by atoms with E-state index in [9.17, 15) is 18.4 Å². The Bertz CT molecular complexity index is 1280. The molecule has 1 amide bonds. The molecule has 9 heteroatoms. The van der Waals surface area contributed by atoms with Gasteiger partial charge in [-0.1, -0.05) is 29.5 Å². The molecule has 4 aromatic rings. The van der Waals surface area contributed by atoms with Crippen molar-refractivity contribution in [2.45, 2.75) is 6.54 Å². The van der Waals surface area contributed by atoms with Gasteiger partial charge in [0.2, 0.25) is 0 Å². The molecule has 0 bridgehead atoms. The van der Waals surface area contributed by atoms with Crippen LogP contribution in [0, 0.1) is 11.6 Å². The lowest BCUT2D eigenvalue weighted by molar-refractivity contribution is 0.0597. The van der Waals surface area contributed by atoms with Gasteiger partial charge in [0, 0.05) is 18.5 Å². The maximum atomic E-state index is 14.2. The van der Waals surface area contributed by atoms with Crippen LogP contribution in [0.4, 0.5) is 13.9 Å². The van der Waals surface area contributed by atoms with Crippen molar-refractivity contribution < 1.29 is 23.1 Å². The molecule has 0 radical (unpaired) electrons. The highest BCUT2D eigenvalue weighted by atomic mass is 32.1. The van der Waals surface area contributed by atoms with Crippen LogP contribution in [0.15, 0.2) is 60.9 Å². The van der Waals surface area contributed by atoms with Crippen molar-refractivity contribution in [3.63, 3.8) is 0 Å². The van der Waals surface area contributed by atoms with Crippen LogP contribution in [0.3, 0.4) is 0 Å². The summed E-state index contributed by atoms with van der Waals surface area (Å²) < 4.78 is 32.9. The van der Waals surface area contributed by atoms with Crippen molar-refractivity contribution in [1.82, 2.24) is 9.97 Å². The van der Waals surface area contributed by atoms with Crippen molar-refractivity contribution in [2.75, 3.05) is 12.0 Å². The number of methoxy groups -OCH3 is 1. The van der Waals surface area contributed by atoms with E-state index >= 15 is 0 Å². The van der Waals surface area contributed by atoms with Gasteiger partial charge >= 0.3 is 5.97 Å². The highest BCUT2D eigenvalue weighted by Gasteiger charge is 2.26. The lowest BCUT2D eigenvalue weighted by Gasteiger charge is -2.21. The van der Waals surface area contributed by atoms with Gasteiger partial charge in [-0.05, 0) is 29.8 Å². The molecule has 2 heterocycles. The number of rotatable bonds is 5. The first-order valence-corrected chi connectivity index (χ1v) is 9.93. The molecule has 0 saturated heterocycles. The first-order chi connectivity index (χ1) is 15.0. The first kappa shape index (κ1) is 20.5. The van der Waals surface area contributed by atoms with Crippen molar-refractivity contribution in [2.24, 2.45) is 0 Å². The second-order valence-corrected chi connectivity index (χ2v) is 7.53. The van der Waals surface area contributed by atoms with Crippen LogP contribution in [-0.4, -0.2) is 29.0 Å². The number of pyridine rings is 1. The summed E-state index contributed by atoms with van der Waals surface area (Å²) in [5.74, 6) is -2.75. The summed E-state index contributed by atoms with van der Waals surface area (Å²) in [7, 11) is 1.22. The smallest absolute Gasteiger partial charge is 0.338 e. The van der Waals surface area contributed by atoms with Crippen molar-refractivity contribution in [3.05, 3.63) is 89.2 Å². The van der Waals surface area contributed by atoms with E-state index in [1.54, 1.807) is 36.7 Å². The van der Waals surface area contributed by atoms with E-state index in [0.717, 1.165) is 23.5 Å². The Labute approximate surface area is 179 Å². The number of carbonyl (C=O) groups excluding carboxylic acids is 2. The number of halogens is 2. The summed E-state index contributed by atoms with van der Waals surface area (Å²) in [5, 5.41) is 0.160. The molecule has 2 aromatic heterocycles. The van der Waals surface area contributed by atoms with Gasteiger partial charge in [-0.3, -0.25) is 14.7 Å². The largest absolute Gasteiger partial charge is 0.465 e. The normalized spacial score (nSPS) is 10.8. The van der Waals surface area contributed by atoms with E-state index in [1.165, 1.54) is 24.1 Å². The van der Waals surface area contributed by atoms with E-state index in [-0.39, 0.29) is 33.0 Å². The molecular formula is C22H15F2N3O3S. The van der Waals surface area contributed by atoms with E-state index in [1.807, 2.05) is 0 Å². The Hall–Kier alpha value is -3.72.